The van der Waals surface area contributed by atoms with Gasteiger partial charge in [0.25, 0.3) is 11.6 Å². The standard InChI is InChI=1S/C22H20N2O5S/c25-22(21-11-15-10-17(24(26)27)6-8-20(15)30-21)23(16-3-1-2-4-16)12-14-5-7-18-19(9-14)29-13-28-18/h5-11,16H,1-4,12-13H2. The number of benzene rings is 2. The molecule has 0 bridgehead atoms. The van der Waals surface area contributed by atoms with Gasteiger partial charge >= 0.3 is 0 Å². The number of rotatable bonds is 5. The molecule has 8 heteroatoms. The van der Waals surface area contributed by atoms with E-state index in [0.717, 1.165) is 47.1 Å². The Bertz CT molecular complexity index is 1140. The minimum absolute atomic E-state index is 0.0246. The second-order valence-corrected chi connectivity index (χ2v) is 8.73. The molecule has 1 fully saturated rings. The van der Waals surface area contributed by atoms with E-state index in [1.54, 1.807) is 12.1 Å². The molecular weight excluding hydrogens is 404 g/mol. The zero-order chi connectivity index (χ0) is 20.7. The van der Waals surface area contributed by atoms with Crippen LogP contribution in [0.5, 0.6) is 11.5 Å². The molecule has 0 N–H and O–H groups in total. The average Bonchev–Trinajstić information content (AvgIpc) is 3.50. The van der Waals surface area contributed by atoms with Gasteiger partial charge < -0.3 is 14.4 Å². The summed E-state index contributed by atoms with van der Waals surface area (Å²) in [5.74, 6) is 1.41. The Kier molecular flexibility index (Phi) is 4.78. The van der Waals surface area contributed by atoms with Gasteiger partial charge in [0.05, 0.1) is 9.80 Å². The minimum Gasteiger partial charge on any atom is -0.454 e. The highest BCUT2D eigenvalue weighted by atomic mass is 32.1. The molecule has 0 atom stereocenters. The lowest BCUT2D eigenvalue weighted by Gasteiger charge is -2.29. The number of carbonyl (C=O) groups is 1. The molecule has 154 valence electrons. The number of carbonyl (C=O) groups excluding carboxylic acids is 1. The maximum Gasteiger partial charge on any atom is 0.270 e. The number of hydrogen-bond donors (Lipinski definition) is 0. The summed E-state index contributed by atoms with van der Waals surface area (Å²) in [4.78, 5) is 26.7. The summed E-state index contributed by atoms with van der Waals surface area (Å²) in [6.45, 7) is 0.715. The van der Waals surface area contributed by atoms with E-state index in [1.165, 1.54) is 23.5 Å². The SMILES string of the molecule is O=C(c1cc2cc([N+](=O)[O-])ccc2s1)N(Cc1ccc2c(c1)OCO2)C1CCCC1. The molecule has 1 aliphatic carbocycles. The predicted octanol–water partition coefficient (Wildman–Crippen LogP) is 5.12. The van der Waals surface area contributed by atoms with E-state index in [1.807, 2.05) is 23.1 Å². The van der Waals surface area contributed by atoms with Crippen LogP contribution in [0.25, 0.3) is 10.1 Å². The molecule has 1 aromatic heterocycles. The molecule has 2 heterocycles. The van der Waals surface area contributed by atoms with Crippen molar-refractivity contribution in [1.29, 1.82) is 0 Å². The summed E-state index contributed by atoms with van der Waals surface area (Å²) in [6.07, 6.45) is 4.22. The Labute approximate surface area is 177 Å². The highest BCUT2D eigenvalue weighted by Gasteiger charge is 2.29. The molecule has 1 saturated carbocycles. The van der Waals surface area contributed by atoms with E-state index in [2.05, 4.69) is 0 Å². The first-order valence-corrected chi connectivity index (χ1v) is 10.8. The monoisotopic (exact) mass is 424 g/mol. The molecule has 7 nitrogen and oxygen atoms in total. The van der Waals surface area contributed by atoms with Gasteiger partial charge in [0.15, 0.2) is 11.5 Å². The van der Waals surface area contributed by atoms with Gasteiger partial charge in [-0.3, -0.25) is 14.9 Å². The van der Waals surface area contributed by atoms with Crippen molar-refractivity contribution in [3.8, 4) is 11.5 Å². The van der Waals surface area contributed by atoms with E-state index in [9.17, 15) is 14.9 Å². The minimum atomic E-state index is -0.414. The average molecular weight is 424 g/mol. The molecule has 3 aromatic rings. The number of non-ortho nitro benzene ring substituents is 1. The number of nitro benzene ring substituents is 1. The Balaban J connectivity index is 1.45. The lowest BCUT2D eigenvalue weighted by atomic mass is 10.1. The second kappa shape index (κ2) is 7.60. The van der Waals surface area contributed by atoms with Crippen LogP contribution in [0.2, 0.25) is 0 Å². The van der Waals surface area contributed by atoms with E-state index in [0.29, 0.717) is 17.2 Å². The van der Waals surface area contributed by atoms with Crippen LogP contribution in [0.3, 0.4) is 0 Å². The molecule has 1 amide bonds. The van der Waals surface area contributed by atoms with Crippen molar-refractivity contribution < 1.29 is 19.2 Å². The highest BCUT2D eigenvalue weighted by molar-refractivity contribution is 7.20. The predicted molar refractivity (Wildman–Crippen MR) is 113 cm³/mol. The van der Waals surface area contributed by atoms with Gasteiger partial charge in [-0.1, -0.05) is 18.9 Å². The summed E-state index contributed by atoms with van der Waals surface area (Å²) < 4.78 is 11.7. The lowest BCUT2D eigenvalue weighted by Crippen LogP contribution is -2.37. The van der Waals surface area contributed by atoms with Gasteiger partial charge in [0, 0.05) is 34.8 Å². The third-order valence-electron chi connectivity index (χ3n) is 5.74. The van der Waals surface area contributed by atoms with Gasteiger partial charge in [-0.25, -0.2) is 0 Å². The van der Waals surface area contributed by atoms with Crippen LogP contribution in [0.1, 0.15) is 40.9 Å². The van der Waals surface area contributed by atoms with Crippen molar-refractivity contribution in [3.63, 3.8) is 0 Å². The number of fused-ring (bicyclic) bond motifs is 2. The first kappa shape index (κ1) is 18.9. The van der Waals surface area contributed by atoms with Crippen LogP contribution < -0.4 is 9.47 Å². The first-order chi connectivity index (χ1) is 14.6. The van der Waals surface area contributed by atoms with Crippen molar-refractivity contribution in [1.82, 2.24) is 4.90 Å². The third-order valence-corrected chi connectivity index (χ3v) is 6.84. The molecular formula is C22H20N2O5S. The topological polar surface area (TPSA) is 81.9 Å². The van der Waals surface area contributed by atoms with Crippen molar-refractivity contribution >= 4 is 33.0 Å². The number of nitro groups is 1. The van der Waals surface area contributed by atoms with Crippen LogP contribution in [0, 0.1) is 10.1 Å². The van der Waals surface area contributed by atoms with Crippen molar-refractivity contribution in [2.45, 2.75) is 38.3 Å². The number of ether oxygens (including phenoxy) is 2. The maximum absolute atomic E-state index is 13.5. The highest BCUT2D eigenvalue weighted by Crippen LogP contribution is 2.35. The van der Waals surface area contributed by atoms with E-state index in [-0.39, 0.29) is 24.4 Å². The second-order valence-electron chi connectivity index (χ2n) is 7.65. The summed E-state index contributed by atoms with van der Waals surface area (Å²) in [5.41, 5.74) is 1.03. The number of amides is 1. The molecule has 30 heavy (non-hydrogen) atoms. The fourth-order valence-corrected chi connectivity index (χ4v) is 5.21. The van der Waals surface area contributed by atoms with E-state index < -0.39 is 4.92 Å². The van der Waals surface area contributed by atoms with E-state index >= 15 is 0 Å². The Morgan fingerprint density at radius 1 is 1.10 bits per heavy atom. The van der Waals surface area contributed by atoms with Gasteiger partial charge in [-0.05, 0) is 42.7 Å². The largest absolute Gasteiger partial charge is 0.454 e. The van der Waals surface area contributed by atoms with Crippen LogP contribution >= 0.6 is 11.3 Å². The van der Waals surface area contributed by atoms with Gasteiger partial charge in [0.2, 0.25) is 6.79 Å². The molecule has 5 rings (SSSR count). The number of thiophene rings is 1. The van der Waals surface area contributed by atoms with E-state index in [4.69, 9.17) is 9.47 Å². The molecule has 2 aliphatic rings. The van der Waals surface area contributed by atoms with Gasteiger partial charge in [0.1, 0.15) is 0 Å². The number of hydrogen-bond acceptors (Lipinski definition) is 6. The van der Waals surface area contributed by atoms with Gasteiger partial charge in [-0.15, -0.1) is 11.3 Å². The smallest absolute Gasteiger partial charge is 0.270 e. The molecule has 1 aliphatic heterocycles. The molecule has 0 spiro atoms. The van der Waals surface area contributed by atoms with Crippen LogP contribution in [0.4, 0.5) is 5.69 Å². The number of nitrogens with zero attached hydrogens (tertiary/aromatic N) is 2. The summed E-state index contributed by atoms with van der Waals surface area (Å²) in [7, 11) is 0. The van der Waals surface area contributed by atoms with Crippen molar-refractivity contribution in [2.75, 3.05) is 6.79 Å². The van der Waals surface area contributed by atoms with Crippen LogP contribution in [-0.2, 0) is 6.54 Å². The zero-order valence-corrected chi connectivity index (χ0v) is 17.0. The zero-order valence-electron chi connectivity index (χ0n) is 16.2. The molecule has 0 unspecified atom stereocenters. The summed E-state index contributed by atoms with van der Waals surface area (Å²) >= 11 is 1.39. The quantitative estimate of drug-likeness (QED) is 0.419. The van der Waals surface area contributed by atoms with Crippen molar-refractivity contribution in [2.24, 2.45) is 0 Å². The van der Waals surface area contributed by atoms with Gasteiger partial charge in [-0.2, -0.15) is 0 Å². The Hall–Kier alpha value is -3.13. The molecule has 2 aromatic carbocycles. The normalized spacial score (nSPS) is 15.6. The summed E-state index contributed by atoms with van der Waals surface area (Å²) in [6, 6.07) is 12.5. The molecule has 0 saturated heterocycles. The summed E-state index contributed by atoms with van der Waals surface area (Å²) in [5, 5.41) is 11.8. The van der Waals surface area contributed by atoms with Crippen molar-refractivity contribution in [3.05, 3.63) is 63.0 Å². The fourth-order valence-electron chi connectivity index (χ4n) is 4.21. The Morgan fingerprint density at radius 2 is 1.90 bits per heavy atom. The lowest BCUT2D eigenvalue weighted by molar-refractivity contribution is -0.384. The Morgan fingerprint density at radius 3 is 2.70 bits per heavy atom. The molecule has 0 radical (unpaired) electrons. The third kappa shape index (κ3) is 3.47. The maximum atomic E-state index is 13.5. The van der Waals surface area contributed by atoms with Crippen LogP contribution in [0.15, 0.2) is 42.5 Å². The first-order valence-electron chi connectivity index (χ1n) is 9.96. The fraction of sp³-hybridized carbons (Fsp3) is 0.318. The van der Waals surface area contributed by atoms with Crippen LogP contribution in [-0.4, -0.2) is 28.6 Å².